The quantitative estimate of drug-likeness (QED) is 0.605. The molecule has 1 aliphatic rings. The number of ketones is 1. The van der Waals surface area contributed by atoms with Crippen LogP contribution < -0.4 is 15.4 Å². The summed E-state index contributed by atoms with van der Waals surface area (Å²) < 4.78 is 5.66. The Morgan fingerprint density at radius 3 is 2.78 bits per heavy atom. The number of carbonyl (C=O) groups is 2. The van der Waals surface area contributed by atoms with E-state index in [0.717, 1.165) is 0 Å². The van der Waals surface area contributed by atoms with Gasteiger partial charge in [0, 0.05) is 12.6 Å². The van der Waals surface area contributed by atoms with Crippen molar-refractivity contribution in [3.63, 3.8) is 0 Å². The Morgan fingerprint density at radius 2 is 2.17 bits per heavy atom. The lowest BCUT2D eigenvalue weighted by atomic mass is 10.1. The van der Waals surface area contributed by atoms with Crippen molar-refractivity contribution >= 4 is 23.1 Å². The van der Waals surface area contributed by atoms with E-state index in [2.05, 4.69) is 0 Å². The molecule has 1 unspecified atom stereocenters. The molecule has 1 heterocycles. The Kier molecular flexibility index (Phi) is 2.98. The van der Waals surface area contributed by atoms with Crippen LogP contribution in [0.3, 0.4) is 0 Å². The highest BCUT2D eigenvalue weighted by molar-refractivity contribution is 6.01. The molecule has 1 aromatic rings. The zero-order chi connectivity index (χ0) is 13.4. The molecule has 2 N–H and O–H groups in total. The fourth-order valence-electron chi connectivity index (χ4n) is 1.98. The van der Waals surface area contributed by atoms with Gasteiger partial charge in [-0.3, -0.25) is 9.59 Å². The molecule has 1 aromatic carbocycles. The molecular weight excluding hydrogens is 232 g/mol. The molecule has 96 valence electrons. The van der Waals surface area contributed by atoms with Crippen molar-refractivity contribution < 1.29 is 14.3 Å². The Balaban J connectivity index is 2.62. The number of hydrogen-bond acceptors (Lipinski definition) is 4. The lowest BCUT2D eigenvalue weighted by molar-refractivity contribution is -0.119. The minimum Gasteiger partial charge on any atom is -0.486 e. The van der Waals surface area contributed by atoms with Crippen LogP contribution in [0.5, 0.6) is 5.75 Å². The van der Waals surface area contributed by atoms with E-state index >= 15 is 0 Å². The van der Waals surface area contributed by atoms with Crippen LogP contribution in [0.15, 0.2) is 12.1 Å². The number of nitrogen functional groups attached to an aromatic ring is 1. The molecule has 1 amide bonds. The van der Waals surface area contributed by atoms with E-state index in [1.807, 2.05) is 6.92 Å². The molecule has 0 saturated carbocycles. The smallest absolute Gasteiger partial charge is 0.230 e. The van der Waals surface area contributed by atoms with E-state index in [4.69, 9.17) is 10.5 Å². The van der Waals surface area contributed by atoms with Gasteiger partial charge in [-0.15, -0.1) is 0 Å². The predicted molar refractivity (Wildman–Crippen MR) is 69.0 cm³/mol. The molecule has 2 rings (SSSR count). The molecule has 1 atom stereocenters. The van der Waals surface area contributed by atoms with Gasteiger partial charge in [-0.1, -0.05) is 0 Å². The van der Waals surface area contributed by atoms with Crippen LogP contribution >= 0.6 is 0 Å². The van der Waals surface area contributed by atoms with Gasteiger partial charge in [0.1, 0.15) is 6.10 Å². The molecule has 0 radical (unpaired) electrons. The van der Waals surface area contributed by atoms with Crippen LogP contribution in [0.25, 0.3) is 0 Å². The molecule has 0 spiro atoms. The highest BCUT2D eigenvalue weighted by Crippen LogP contribution is 2.38. The van der Waals surface area contributed by atoms with Gasteiger partial charge in [-0.05, 0) is 26.0 Å². The van der Waals surface area contributed by atoms with Crippen molar-refractivity contribution in [2.45, 2.75) is 26.4 Å². The van der Waals surface area contributed by atoms with Crippen molar-refractivity contribution in [1.82, 2.24) is 0 Å². The minimum atomic E-state index is -0.230. The van der Waals surface area contributed by atoms with E-state index in [-0.39, 0.29) is 17.8 Å². The molecule has 1 aliphatic heterocycles. The first-order valence-corrected chi connectivity index (χ1v) is 5.78. The predicted octanol–water partition coefficient (Wildman–Crippen LogP) is 1.61. The van der Waals surface area contributed by atoms with Gasteiger partial charge >= 0.3 is 0 Å². The number of nitrogens with two attached hydrogens (primary N) is 1. The van der Waals surface area contributed by atoms with E-state index in [9.17, 15) is 9.59 Å². The zero-order valence-corrected chi connectivity index (χ0v) is 10.7. The van der Waals surface area contributed by atoms with Crippen molar-refractivity contribution in [3.05, 3.63) is 17.7 Å². The second-order valence-corrected chi connectivity index (χ2v) is 4.56. The van der Waals surface area contributed by atoms with Crippen LogP contribution in [0.4, 0.5) is 11.4 Å². The molecule has 5 heteroatoms. The molecule has 0 aromatic heterocycles. The Bertz CT molecular complexity index is 525. The summed E-state index contributed by atoms with van der Waals surface area (Å²) in [5.41, 5.74) is 7.31. The van der Waals surface area contributed by atoms with Crippen LogP contribution in [0, 0.1) is 0 Å². The maximum absolute atomic E-state index is 11.9. The van der Waals surface area contributed by atoms with E-state index in [1.165, 1.54) is 11.8 Å². The van der Waals surface area contributed by atoms with E-state index < -0.39 is 0 Å². The number of rotatable bonds is 1. The normalized spacial score (nSPS) is 18.9. The van der Waals surface area contributed by atoms with Gasteiger partial charge in [-0.25, -0.2) is 0 Å². The number of carbonyl (C=O) groups excluding carboxylic acids is 2. The number of amides is 1. The lowest BCUT2D eigenvalue weighted by Gasteiger charge is -2.18. The summed E-state index contributed by atoms with van der Waals surface area (Å²) in [5, 5.41) is 0. The largest absolute Gasteiger partial charge is 0.486 e. The minimum absolute atomic E-state index is 0.0543. The number of anilines is 2. The van der Waals surface area contributed by atoms with Crippen molar-refractivity contribution in [1.29, 1.82) is 0 Å². The number of fused-ring (bicyclic) bond motifs is 1. The lowest BCUT2D eigenvalue weighted by Crippen LogP contribution is -2.27. The number of ether oxygens (including phenoxy) is 1. The van der Waals surface area contributed by atoms with Crippen LogP contribution in [0.1, 0.15) is 30.6 Å². The van der Waals surface area contributed by atoms with Crippen molar-refractivity contribution in [3.8, 4) is 5.75 Å². The summed E-state index contributed by atoms with van der Waals surface area (Å²) in [6.45, 7) is 3.28. The van der Waals surface area contributed by atoms with E-state index in [0.29, 0.717) is 29.1 Å². The first-order valence-electron chi connectivity index (χ1n) is 5.78. The molecule has 5 nitrogen and oxygen atoms in total. The molecule has 0 bridgehead atoms. The number of nitrogens with zero attached hydrogens (tertiary/aromatic N) is 1. The fraction of sp³-hybridized carbons (Fsp3) is 0.385. The second-order valence-electron chi connectivity index (χ2n) is 4.56. The third kappa shape index (κ3) is 2.03. The third-order valence-electron chi connectivity index (χ3n) is 3.02. The summed E-state index contributed by atoms with van der Waals surface area (Å²) in [6.07, 6.45) is 0.0618. The highest BCUT2D eigenvalue weighted by Gasteiger charge is 2.26. The molecule has 0 aliphatic carbocycles. The summed E-state index contributed by atoms with van der Waals surface area (Å²) in [6, 6.07) is 3.22. The van der Waals surface area contributed by atoms with Crippen molar-refractivity contribution in [2.75, 3.05) is 17.7 Å². The Morgan fingerprint density at radius 1 is 1.50 bits per heavy atom. The van der Waals surface area contributed by atoms with Gasteiger partial charge in [-0.2, -0.15) is 0 Å². The summed E-state index contributed by atoms with van der Waals surface area (Å²) >= 11 is 0. The standard InChI is InChI=1S/C13H16N2O3/c1-7-4-12(17)15(3)11-6-9(8(2)16)5-10(14)13(11)18-7/h5-7H,4,14H2,1-3H3. The molecular formula is C13H16N2O3. The number of Topliss-reactive ketones (excluding diaryl/α,β-unsaturated/α-hetero) is 1. The SMILES string of the molecule is CC(=O)c1cc(N)c2c(c1)N(C)C(=O)CC(C)O2. The second kappa shape index (κ2) is 4.33. The first kappa shape index (κ1) is 12.4. The highest BCUT2D eigenvalue weighted by atomic mass is 16.5. The number of hydrogen-bond donors (Lipinski definition) is 1. The Labute approximate surface area is 106 Å². The number of benzene rings is 1. The van der Waals surface area contributed by atoms with Crippen LogP contribution in [-0.2, 0) is 4.79 Å². The fourth-order valence-corrected chi connectivity index (χ4v) is 1.98. The van der Waals surface area contributed by atoms with Gasteiger partial charge in [0.25, 0.3) is 0 Å². The monoisotopic (exact) mass is 248 g/mol. The molecule has 18 heavy (non-hydrogen) atoms. The molecule has 0 fully saturated rings. The van der Waals surface area contributed by atoms with Gasteiger partial charge in [0.15, 0.2) is 11.5 Å². The summed E-state index contributed by atoms with van der Waals surface area (Å²) in [7, 11) is 1.66. The summed E-state index contributed by atoms with van der Waals surface area (Å²) in [5.74, 6) is 0.324. The van der Waals surface area contributed by atoms with E-state index in [1.54, 1.807) is 19.2 Å². The average molecular weight is 248 g/mol. The van der Waals surface area contributed by atoms with Gasteiger partial charge < -0.3 is 15.4 Å². The van der Waals surface area contributed by atoms with Gasteiger partial charge in [0.2, 0.25) is 5.91 Å². The zero-order valence-electron chi connectivity index (χ0n) is 10.7. The first-order chi connectivity index (χ1) is 8.40. The van der Waals surface area contributed by atoms with Crippen LogP contribution in [0.2, 0.25) is 0 Å². The van der Waals surface area contributed by atoms with Gasteiger partial charge in [0.05, 0.1) is 17.8 Å². The molecule has 0 saturated heterocycles. The topological polar surface area (TPSA) is 72.6 Å². The Hall–Kier alpha value is -2.04. The third-order valence-corrected chi connectivity index (χ3v) is 3.02. The summed E-state index contributed by atoms with van der Waals surface area (Å²) in [4.78, 5) is 24.8. The average Bonchev–Trinajstić information content (AvgIpc) is 2.39. The van der Waals surface area contributed by atoms with Crippen molar-refractivity contribution in [2.24, 2.45) is 0 Å². The van der Waals surface area contributed by atoms with Crippen LogP contribution in [-0.4, -0.2) is 24.8 Å². The maximum Gasteiger partial charge on any atom is 0.230 e. The maximum atomic E-state index is 11.9.